The van der Waals surface area contributed by atoms with E-state index in [-0.39, 0.29) is 35.0 Å². The maximum atomic E-state index is 15.8. The standard InChI is InChI=1S/C31H35F2N7O2/c1-5-25(41)38-14-15-39(19(4)17-38)29-22-16-24(33)27(21-9-6-10-23(21)32)36-30(22)40(31(42)37-29)28-20(8-7-12-34)11-13-35-26(28)18(2)3/h5-6,9-11,13,16,18-19,21H,1,7-8,12,14-15,17,34H2,2-4H3/t19-,21?/m0/s1. The van der Waals surface area contributed by atoms with Gasteiger partial charge in [0.15, 0.2) is 5.65 Å². The zero-order chi connectivity index (χ0) is 30.1. The Morgan fingerprint density at radius 3 is 2.69 bits per heavy atom. The highest BCUT2D eigenvalue weighted by atomic mass is 19.1. The van der Waals surface area contributed by atoms with Crippen molar-refractivity contribution in [2.24, 2.45) is 5.73 Å². The molecule has 2 N–H and O–H groups in total. The zero-order valence-electron chi connectivity index (χ0n) is 24.1. The molecule has 0 radical (unpaired) electrons. The summed E-state index contributed by atoms with van der Waals surface area (Å²) in [6.07, 6.45) is 8.55. The number of anilines is 1. The van der Waals surface area contributed by atoms with E-state index in [9.17, 15) is 14.0 Å². The molecule has 1 fully saturated rings. The van der Waals surface area contributed by atoms with Gasteiger partial charge in [0.2, 0.25) is 5.91 Å². The molecule has 11 heteroatoms. The molecule has 3 aromatic rings. The van der Waals surface area contributed by atoms with Crippen LogP contribution in [0.2, 0.25) is 0 Å². The lowest BCUT2D eigenvalue weighted by molar-refractivity contribution is -0.126. The number of aromatic nitrogens is 4. The molecule has 4 heterocycles. The molecule has 0 aromatic carbocycles. The average molecular weight is 576 g/mol. The van der Waals surface area contributed by atoms with Crippen LogP contribution in [0.3, 0.4) is 0 Å². The summed E-state index contributed by atoms with van der Waals surface area (Å²) in [5.74, 6) is -2.23. The Hall–Kier alpha value is -4.25. The third kappa shape index (κ3) is 5.24. The Morgan fingerprint density at radius 2 is 2.05 bits per heavy atom. The van der Waals surface area contributed by atoms with Gasteiger partial charge in [0.05, 0.1) is 28.4 Å². The number of rotatable bonds is 8. The molecule has 0 spiro atoms. The molecule has 5 rings (SSSR count). The number of allylic oxidation sites excluding steroid dienone is 4. The number of hydrogen-bond acceptors (Lipinski definition) is 7. The van der Waals surface area contributed by atoms with E-state index >= 15 is 4.39 Å². The Bertz CT molecular complexity index is 1660. The maximum absolute atomic E-state index is 15.8. The number of hydrogen-bond donors (Lipinski definition) is 1. The molecular weight excluding hydrogens is 540 g/mol. The molecule has 1 amide bonds. The second-order valence-electron chi connectivity index (χ2n) is 11.0. The number of aryl methyl sites for hydroxylation is 1. The topological polar surface area (TPSA) is 110 Å². The Balaban J connectivity index is 1.79. The lowest BCUT2D eigenvalue weighted by atomic mass is 10.0. The van der Waals surface area contributed by atoms with E-state index in [4.69, 9.17) is 5.73 Å². The molecular formula is C31H35F2N7O2. The smallest absolute Gasteiger partial charge is 0.350 e. The first kappa shape index (κ1) is 29.2. The first-order chi connectivity index (χ1) is 20.2. The van der Waals surface area contributed by atoms with Gasteiger partial charge in [-0.2, -0.15) is 4.98 Å². The molecule has 0 saturated carbocycles. The first-order valence-electron chi connectivity index (χ1n) is 14.2. The van der Waals surface area contributed by atoms with Gasteiger partial charge >= 0.3 is 5.69 Å². The first-order valence-corrected chi connectivity index (χ1v) is 14.2. The highest BCUT2D eigenvalue weighted by molar-refractivity contribution is 5.90. The molecule has 9 nitrogen and oxygen atoms in total. The van der Waals surface area contributed by atoms with E-state index in [1.54, 1.807) is 11.1 Å². The van der Waals surface area contributed by atoms with Crippen LogP contribution in [-0.4, -0.2) is 62.5 Å². The summed E-state index contributed by atoms with van der Waals surface area (Å²) < 4.78 is 31.9. The second-order valence-corrected chi connectivity index (χ2v) is 11.0. The van der Waals surface area contributed by atoms with Gasteiger partial charge in [-0.25, -0.2) is 23.1 Å². The molecule has 3 aromatic heterocycles. The minimum atomic E-state index is -1.00. The molecule has 0 bridgehead atoms. The Labute approximate surface area is 243 Å². The second kappa shape index (κ2) is 11.9. The molecule has 42 heavy (non-hydrogen) atoms. The predicted molar refractivity (Wildman–Crippen MR) is 159 cm³/mol. The number of fused-ring (bicyclic) bond motifs is 1. The predicted octanol–water partition coefficient (Wildman–Crippen LogP) is 4.06. The van der Waals surface area contributed by atoms with Crippen molar-refractivity contribution in [3.63, 3.8) is 0 Å². The Morgan fingerprint density at radius 1 is 1.26 bits per heavy atom. The summed E-state index contributed by atoms with van der Waals surface area (Å²) in [4.78, 5) is 43.6. The van der Waals surface area contributed by atoms with Gasteiger partial charge in [0.1, 0.15) is 17.5 Å². The quantitative estimate of drug-likeness (QED) is 0.404. The van der Waals surface area contributed by atoms with Gasteiger partial charge in [0, 0.05) is 31.9 Å². The van der Waals surface area contributed by atoms with Crippen LogP contribution >= 0.6 is 0 Å². The number of carbonyl (C=O) groups excluding carboxylic acids is 1. The molecule has 2 aliphatic rings. The van der Waals surface area contributed by atoms with Crippen LogP contribution in [0.1, 0.15) is 56.0 Å². The van der Waals surface area contributed by atoms with Gasteiger partial charge in [-0.3, -0.25) is 9.78 Å². The fourth-order valence-corrected chi connectivity index (χ4v) is 5.72. The van der Waals surface area contributed by atoms with Gasteiger partial charge in [0.25, 0.3) is 0 Å². The lowest BCUT2D eigenvalue weighted by Crippen LogP contribution is -2.54. The number of pyridine rings is 2. The van der Waals surface area contributed by atoms with E-state index in [0.717, 1.165) is 5.56 Å². The summed E-state index contributed by atoms with van der Waals surface area (Å²) in [7, 11) is 0. The van der Waals surface area contributed by atoms with Crippen molar-refractivity contribution >= 4 is 22.8 Å². The number of amides is 1. The number of carbonyl (C=O) groups is 1. The fraction of sp³-hybridized carbons (Fsp3) is 0.387. The summed E-state index contributed by atoms with van der Waals surface area (Å²) in [6, 6.07) is 2.89. The van der Waals surface area contributed by atoms with Crippen molar-refractivity contribution in [2.75, 3.05) is 31.1 Å². The van der Waals surface area contributed by atoms with E-state index in [2.05, 4.69) is 21.5 Å². The van der Waals surface area contributed by atoms with E-state index in [1.165, 1.54) is 34.9 Å². The largest absolute Gasteiger partial charge is 0.355 e. The molecule has 1 aliphatic heterocycles. The van der Waals surface area contributed by atoms with Crippen molar-refractivity contribution in [1.82, 2.24) is 24.4 Å². The number of piperazine rings is 1. The average Bonchev–Trinajstić information content (AvgIpc) is 3.40. The van der Waals surface area contributed by atoms with Crippen LogP contribution in [0.25, 0.3) is 16.7 Å². The fourth-order valence-electron chi connectivity index (χ4n) is 5.72. The third-order valence-corrected chi connectivity index (χ3v) is 7.82. The van der Waals surface area contributed by atoms with Crippen molar-refractivity contribution in [2.45, 2.75) is 51.5 Å². The normalized spacial score (nSPS) is 18.7. The van der Waals surface area contributed by atoms with Crippen LogP contribution in [-0.2, 0) is 11.2 Å². The molecule has 1 aliphatic carbocycles. The minimum absolute atomic E-state index is 0.0620. The van der Waals surface area contributed by atoms with Crippen LogP contribution in [0.15, 0.2) is 59.8 Å². The van der Waals surface area contributed by atoms with E-state index < -0.39 is 23.3 Å². The highest BCUT2D eigenvalue weighted by Gasteiger charge is 2.32. The summed E-state index contributed by atoms with van der Waals surface area (Å²) in [5, 5.41) is 0.306. The van der Waals surface area contributed by atoms with Gasteiger partial charge in [-0.05, 0) is 62.1 Å². The van der Waals surface area contributed by atoms with Crippen LogP contribution in [0.5, 0.6) is 0 Å². The molecule has 1 unspecified atom stereocenters. The Kier molecular flexibility index (Phi) is 8.31. The van der Waals surface area contributed by atoms with Crippen LogP contribution < -0.4 is 16.3 Å². The monoisotopic (exact) mass is 575 g/mol. The lowest BCUT2D eigenvalue weighted by Gasteiger charge is -2.40. The number of halogens is 2. The third-order valence-electron chi connectivity index (χ3n) is 7.82. The van der Waals surface area contributed by atoms with E-state index in [1.807, 2.05) is 31.7 Å². The summed E-state index contributed by atoms with van der Waals surface area (Å²) in [6.45, 7) is 11.0. The minimum Gasteiger partial charge on any atom is -0.350 e. The van der Waals surface area contributed by atoms with Crippen LogP contribution in [0.4, 0.5) is 14.6 Å². The van der Waals surface area contributed by atoms with Gasteiger partial charge in [-0.15, -0.1) is 0 Å². The molecule has 220 valence electrons. The van der Waals surface area contributed by atoms with E-state index in [0.29, 0.717) is 55.8 Å². The van der Waals surface area contributed by atoms with Crippen molar-refractivity contribution in [1.29, 1.82) is 0 Å². The summed E-state index contributed by atoms with van der Waals surface area (Å²) >= 11 is 0. The summed E-state index contributed by atoms with van der Waals surface area (Å²) in [5.41, 5.74) is 7.28. The highest BCUT2D eigenvalue weighted by Crippen LogP contribution is 2.36. The number of nitrogens with two attached hydrogens (primary N) is 1. The van der Waals surface area contributed by atoms with Gasteiger partial charge < -0.3 is 15.5 Å². The van der Waals surface area contributed by atoms with Gasteiger partial charge in [-0.1, -0.05) is 32.6 Å². The molecule has 1 saturated heterocycles. The SMILES string of the molecule is C=CC(=O)N1CCN(c2nc(=O)n(-c3c(CCCN)ccnc3C(C)C)c3nc(C4C=CC=C4F)c(F)cc23)[C@@H](C)C1. The molecule has 2 atom stereocenters. The van der Waals surface area contributed by atoms with Crippen molar-refractivity contribution in [3.05, 3.63) is 88.3 Å². The number of nitrogens with zero attached hydrogens (tertiary/aromatic N) is 6. The van der Waals surface area contributed by atoms with Crippen molar-refractivity contribution in [3.8, 4) is 5.69 Å². The van der Waals surface area contributed by atoms with Crippen LogP contribution in [0, 0.1) is 5.82 Å². The maximum Gasteiger partial charge on any atom is 0.355 e. The zero-order valence-corrected chi connectivity index (χ0v) is 24.1. The van der Waals surface area contributed by atoms with Crippen molar-refractivity contribution < 1.29 is 13.6 Å².